The molecule has 8 heteroatoms. The van der Waals surface area contributed by atoms with Crippen LogP contribution in [0.4, 0.5) is 22.0 Å². The predicted molar refractivity (Wildman–Crippen MR) is 49.8 cm³/mol. The SMILES string of the molecule is NCc1cc(Br)nc(C(F)F)c1C(F)(F)F. The molecule has 1 rings (SSSR count). The zero-order valence-corrected chi connectivity index (χ0v) is 9.24. The molecule has 16 heavy (non-hydrogen) atoms. The molecule has 0 amide bonds. The van der Waals surface area contributed by atoms with Crippen molar-refractivity contribution in [3.63, 3.8) is 0 Å². The normalized spacial score (nSPS) is 12.2. The number of pyridine rings is 1. The first kappa shape index (κ1) is 13.3. The second kappa shape index (κ2) is 4.62. The summed E-state index contributed by atoms with van der Waals surface area (Å²) in [5.74, 6) is 0. The molecular formula is C8H6BrF5N2. The monoisotopic (exact) mass is 304 g/mol. The van der Waals surface area contributed by atoms with Crippen molar-refractivity contribution in [1.29, 1.82) is 0 Å². The topological polar surface area (TPSA) is 38.9 Å². The van der Waals surface area contributed by atoms with E-state index in [-0.39, 0.29) is 4.60 Å². The summed E-state index contributed by atoms with van der Waals surface area (Å²) in [7, 11) is 0. The Kier molecular flexibility index (Phi) is 3.84. The maximum atomic E-state index is 12.5. The fourth-order valence-corrected chi connectivity index (χ4v) is 1.70. The molecule has 0 aromatic carbocycles. The van der Waals surface area contributed by atoms with Gasteiger partial charge in [-0.3, -0.25) is 0 Å². The Bertz CT molecular complexity index is 391. The van der Waals surface area contributed by atoms with Crippen molar-refractivity contribution in [2.24, 2.45) is 5.73 Å². The molecule has 0 bridgehead atoms. The summed E-state index contributed by atoms with van der Waals surface area (Å²) >= 11 is 2.76. The molecule has 0 aliphatic carbocycles. The number of nitrogens with zero attached hydrogens (tertiary/aromatic N) is 1. The number of nitrogens with two attached hydrogens (primary N) is 1. The second-order valence-electron chi connectivity index (χ2n) is 2.87. The zero-order valence-electron chi connectivity index (χ0n) is 7.65. The second-order valence-corrected chi connectivity index (χ2v) is 3.68. The standard InChI is InChI=1S/C8H6BrF5N2/c9-4-1-3(2-15)5(8(12,13)14)6(16-4)7(10)11/h1,7H,2,15H2. The smallest absolute Gasteiger partial charge is 0.326 e. The average Bonchev–Trinajstić information content (AvgIpc) is 2.14. The number of rotatable bonds is 2. The molecule has 0 aliphatic heterocycles. The Balaban J connectivity index is 3.52. The number of hydrogen-bond donors (Lipinski definition) is 1. The van der Waals surface area contributed by atoms with Crippen molar-refractivity contribution in [2.75, 3.05) is 0 Å². The van der Waals surface area contributed by atoms with Gasteiger partial charge in [0.25, 0.3) is 6.43 Å². The van der Waals surface area contributed by atoms with E-state index in [0.29, 0.717) is 0 Å². The van der Waals surface area contributed by atoms with Crippen LogP contribution >= 0.6 is 15.9 Å². The van der Waals surface area contributed by atoms with E-state index in [1.54, 1.807) is 0 Å². The van der Waals surface area contributed by atoms with Crippen LogP contribution in [0.5, 0.6) is 0 Å². The molecule has 0 atom stereocenters. The molecule has 0 spiro atoms. The Morgan fingerprint density at radius 1 is 1.38 bits per heavy atom. The van der Waals surface area contributed by atoms with E-state index in [4.69, 9.17) is 5.73 Å². The highest BCUT2D eigenvalue weighted by molar-refractivity contribution is 9.10. The fraction of sp³-hybridized carbons (Fsp3) is 0.375. The van der Waals surface area contributed by atoms with Crippen molar-refractivity contribution in [3.05, 3.63) is 27.5 Å². The third-order valence-corrected chi connectivity index (χ3v) is 2.21. The highest BCUT2D eigenvalue weighted by Gasteiger charge is 2.39. The lowest BCUT2D eigenvalue weighted by Gasteiger charge is -2.15. The van der Waals surface area contributed by atoms with E-state index in [9.17, 15) is 22.0 Å². The fourth-order valence-electron chi connectivity index (χ4n) is 1.23. The molecule has 0 radical (unpaired) electrons. The van der Waals surface area contributed by atoms with Gasteiger partial charge in [-0.25, -0.2) is 13.8 Å². The molecule has 90 valence electrons. The Morgan fingerprint density at radius 2 is 1.94 bits per heavy atom. The van der Waals surface area contributed by atoms with E-state index in [0.717, 1.165) is 6.07 Å². The first-order chi connectivity index (χ1) is 7.27. The summed E-state index contributed by atoms with van der Waals surface area (Å²) < 4.78 is 62.4. The largest absolute Gasteiger partial charge is 0.418 e. The minimum absolute atomic E-state index is 0.101. The lowest BCUT2D eigenvalue weighted by Crippen LogP contribution is -2.17. The lowest BCUT2D eigenvalue weighted by molar-refractivity contribution is -0.140. The Labute approximate surface area is 95.8 Å². The van der Waals surface area contributed by atoms with Crippen LogP contribution < -0.4 is 5.73 Å². The van der Waals surface area contributed by atoms with Gasteiger partial charge in [-0.05, 0) is 27.6 Å². The van der Waals surface area contributed by atoms with Gasteiger partial charge in [0.2, 0.25) is 0 Å². The lowest BCUT2D eigenvalue weighted by atomic mass is 10.1. The van der Waals surface area contributed by atoms with Crippen LogP contribution in [0.15, 0.2) is 10.7 Å². The molecule has 2 nitrogen and oxygen atoms in total. The predicted octanol–water partition coefficient (Wildman–Crippen LogP) is 3.26. The molecule has 0 unspecified atom stereocenters. The van der Waals surface area contributed by atoms with Gasteiger partial charge in [0.05, 0.1) is 5.56 Å². The third-order valence-electron chi connectivity index (χ3n) is 1.81. The van der Waals surface area contributed by atoms with Gasteiger partial charge in [0.1, 0.15) is 10.3 Å². The molecule has 0 fully saturated rings. The summed E-state index contributed by atoms with van der Waals surface area (Å²) in [6.07, 6.45) is -8.20. The summed E-state index contributed by atoms with van der Waals surface area (Å²) in [6, 6.07) is 0.981. The van der Waals surface area contributed by atoms with E-state index < -0.39 is 36.0 Å². The number of alkyl halides is 5. The third kappa shape index (κ3) is 2.67. The first-order valence-corrected chi connectivity index (χ1v) is 4.81. The highest BCUT2D eigenvalue weighted by atomic mass is 79.9. The van der Waals surface area contributed by atoms with Crippen LogP contribution in [0.2, 0.25) is 0 Å². The van der Waals surface area contributed by atoms with Crippen LogP contribution in [0.1, 0.15) is 23.2 Å². The number of hydrogen-bond acceptors (Lipinski definition) is 2. The van der Waals surface area contributed by atoms with Crippen LogP contribution in [0.25, 0.3) is 0 Å². The van der Waals surface area contributed by atoms with Crippen LogP contribution in [0.3, 0.4) is 0 Å². The van der Waals surface area contributed by atoms with Crippen LogP contribution in [-0.2, 0) is 12.7 Å². The van der Waals surface area contributed by atoms with Crippen molar-refractivity contribution in [3.8, 4) is 0 Å². The minimum Gasteiger partial charge on any atom is -0.326 e. The number of halogens is 6. The van der Waals surface area contributed by atoms with Crippen molar-refractivity contribution in [1.82, 2.24) is 4.98 Å². The quantitative estimate of drug-likeness (QED) is 0.673. The molecule has 1 heterocycles. The Hall–Kier alpha value is -0.760. The highest BCUT2D eigenvalue weighted by Crippen LogP contribution is 2.38. The molecule has 0 saturated carbocycles. The van der Waals surface area contributed by atoms with E-state index in [1.807, 2.05) is 0 Å². The van der Waals surface area contributed by atoms with Gasteiger partial charge in [0.15, 0.2) is 0 Å². The van der Waals surface area contributed by atoms with Crippen LogP contribution in [-0.4, -0.2) is 4.98 Å². The van der Waals surface area contributed by atoms with Gasteiger partial charge in [-0.15, -0.1) is 0 Å². The zero-order chi connectivity index (χ0) is 12.5. The summed E-state index contributed by atoms with van der Waals surface area (Å²) in [5, 5.41) is 0. The van der Waals surface area contributed by atoms with Gasteiger partial charge < -0.3 is 5.73 Å². The Morgan fingerprint density at radius 3 is 2.31 bits per heavy atom. The number of aromatic nitrogens is 1. The molecule has 0 saturated heterocycles. The van der Waals surface area contributed by atoms with E-state index in [1.165, 1.54) is 0 Å². The minimum atomic E-state index is -4.89. The van der Waals surface area contributed by atoms with Gasteiger partial charge >= 0.3 is 6.18 Å². The molecule has 1 aromatic heterocycles. The van der Waals surface area contributed by atoms with Gasteiger partial charge in [-0.2, -0.15) is 13.2 Å². The molecule has 1 aromatic rings. The van der Waals surface area contributed by atoms with E-state index >= 15 is 0 Å². The molecule has 0 aliphatic rings. The van der Waals surface area contributed by atoms with Gasteiger partial charge in [-0.1, -0.05) is 0 Å². The maximum Gasteiger partial charge on any atom is 0.418 e. The van der Waals surface area contributed by atoms with Crippen molar-refractivity contribution in [2.45, 2.75) is 19.1 Å². The van der Waals surface area contributed by atoms with Gasteiger partial charge in [0, 0.05) is 6.54 Å². The van der Waals surface area contributed by atoms with Crippen molar-refractivity contribution < 1.29 is 22.0 Å². The molecule has 2 N–H and O–H groups in total. The van der Waals surface area contributed by atoms with E-state index in [2.05, 4.69) is 20.9 Å². The average molecular weight is 305 g/mol. The summed E-state index contributed by atoms with van der Waals surface area (Å²) in [4.78, 5) is 3.14. The first-order valence-electron chi connectivity index (χ1n) is 4.02. The molecular weight excluding hydrogens is 299 g/mol. The van der Waals surface area contributed by atoms with Crippen LogP contribution in [0, 0.1) is 0 Å². The summed E-state index contributed by atoms with van der Waals surface area (Å²) in [6.45, 7) is -0.490. The van der Waals surface area contributed by atoms with Crippen molar-refractivity contribution >= 4 is 15.9 Å². The maximum absolute atomic E-state index is 12.5. The summed E-state index contributed by atoms with van der Waals surface area (Å²) in [5.41, 5.74) is 1.93.